The lowest BCUT2D eigenvalue weighted by atomic mass is 9.83. The predicted molar refractivity (Wildman–Crippen MR) is 78.1 cm³/mol. The summed E-state index contributed by atoms with van der Waals surface area (Å²) in [5, 5.41) is 0. The van der Waals surface area contributed by atoms with Gasteiger partial charge in [-0.15, -0.1) is 0 Å². The molecule has 0 aromatic rings. The molecule has 2 saturated carbocycles. The fourth-order valence-corrected chi connectivity index (χ4v) is 5.30. The third kappa shape index (κ3) is 1.94. The van der Waals surface area contributed by atoms with Crippen molar-refractivity contribution < 1.29 is 4.74 Å². The van der Waals surface area contributed by atoms with E-state index < -0.39 is 0 Å². The molecule has 3 rings (SSSR count). The zero-order chi connectivity index (χ0) is 13.0. The van der Waals surface area contributed by atoms with Gasteiger partial charge in [-0.25, -0.2) is 0 Å². The third-order valence-corrected chi connectivity index (χ3v) is 7.42. The molecule has 4 atom stereocenters. The molecule has 2 nitrogen and oxygen atoms in total. The summed E-state index contributed by atoms with van der Waals surface area (Å²) in [4.78, 5) is 2.71. The SMILES string of the molecule is CS[C@@]1(C)CC2[C@@H](CC1N1CCOCC1)C2(C)C. The Morgan fingerprint density at radius 3 is 2.39 bits per heavy atom. The fourth-order valence-electron chi connectivity index (χ4n) is 4.44. The molecular weight excluding hydrogens is 242 g/mol. The van der Waals surface area contributed by atoms with Crippen LogP contribution in [0.4, 0.5) is 0 Å². The first-order chi connectivity index (χ1) is 8.49. The minimum Gasteiger partial charge on any atom is -0.379 e. The lowest BCUT2D eigenvalue weighted by molar-refractivity contribution is -0.000238. The van der Waals surface area contributed by atoms with Crippen molar-refractivity contribution in [1.29, 1.82) is 0 Å². The Bertz CT molecular complexity index is 326. The van der Waals surface area contributed by atoms with Crippen molar-refractivity contribution in [3.05, 3.63) is 0 Å². The monoisotopic (exact) mass is 269 g/mol. The second-order valence-corrected chi connectivity index (χ2v) is 8.50. The number of hydrogen-bond acceptors (Lipinski definition) is 3. The summed E-state index contributed by atoms with van der Waals surface area (Å²) in [5.74, 6) is 1.96. The van der Waals surface area contributed by atoms with Gasteiger partial charge in [0, 0.05) is 23.9 Å². The van der Waals surface area contributed by atoms with Crippen LogP contribution in [0.3, 0.4) is 0 Å². The van der Waals surface area contributed by atoms with Crippen LogP contribution in [-0.2, 0) is 4.74 Å². The summed E-state index contributed by atoms with van der Waals surface area (Å²) in [6.45, 7) is 11.6. The average molecular weight is 269 g/mol. The summed E-state index contributed by atoms with van der Waals surface area (Å²) in [6.07, 6.45) is 5.13. The Balaban J connectivity index is 1.78. The lowest BCUT2D eigenvalue weighted by Crippen LogP contribution is -2.54. The van der Waals surface area contributed by atoms with Crippen molar-refractivity contribution in [1.82, 2.24) is 4.90 Å². The van der Waals surface area contributed by atoms with Crippen LogP contribution < -0.4 is 0 Å². The Labute approximate surface area is 116 Å². The number of nitrogens with zero attached hydrogens (tertiary/aromatic N) is 1. The molecule has 1 aliphatic heterocycles. The van der Waals surface area contributed by atoms with Gasteiger partial charge in [0.25, 0.3) is 0 Å². The van der Waals surface area contributed by atoms with Crippen LogP contribution in [0.5, 0.6) is 0 Å². The second kappa shape index (κ2) is 4.39. The van der Waals surface area contributed by atoms with E-state index >= 15 is 0 Å². The van der Waals surface area contributed by atoms with Crippen LogP contribution in [0.25, 0.3) is 0 Å². The largest absolute Gasteiger partial charge is 0.379 e. The standard InChI is InChI=1S/C15H27NOS/c1-14(2)11-9-13(16-5-7-17-8-6-16)15(3,18-4)10-12(11)14/h11-13H,5-10H2,1-4H3/t11-,12?,13?,15+/m1/s1. The minimum atomic E-state index is 0.451. The number of ether oxygens (including phenoxy) is 1. The van der Waals surface area contributed by atoms with Gasteiger partial charge in [0.15, 0.2) is 0 Å². The molecule has 0 aromatic carbocycles. The van der Waals surface area contributed by atoms with Crippen molar-refractivity contribution in [2.45, 2.75) is 44.4 Å². The van der Waals surface area contributed by atoms with Crippen LogP contribution >= 0.6 is 11.8 Å². The maximum absolute atomic E-state index is 5.52. The van der Waals surface area contributed by atoms with E-state index in [-0.39, 0.29) is 0 Å². The highest BCUT2D eigenvalue weighted by atomic mass is 32.2. The van der Waals surface area contributed by atoms with Crippen molar-refractivity contribution in [2.75, 3.05) is 32.6 Å². The van der Waals surface area contributed by atoms with E-state index in [1.165, 1.54) is 12.8 Å². The van der Waals surface area contributed by atoms with Crippen molar-refractivity contribution in [3.8, 4) is 0 Å². The van der Waals surface area contributed by atoms with Gasteiger partial charge in [0.05, 0.1) is 13.2 Å². The first kappa shape index (κ1) is 13.3. The summed E-state index contributed by atoms with van der Waals surface area (Å²) in [5.41, 5.74) is 0.609. The molecule has 3 aliphatic rings. The average Bonchev–Trinajstić information content (AvgIpc) is 2.90. The van der Waals surface area contributed by atoms with Gasteiger partial charge in [-0.05, 0) is 43.3 Å². The smallest absolute Gasteiger partial charge is 0.0594 e. The summed E-state index contributed by atoms with van der Waals surface area (Å²) in [6, 6.07) is 0.763. The number of thioether (sulfide) groups is 1. The Hall–Kier alpha value is 0.270. The Morgan fingerprint density at radius 2 is 1.78 bits per heavy atom. The maximum Gasteiger partial charge on any atom is 0.0594 e. The molecule has 104 valence electrons. The molecule has 2 unspecified atom stereocenters. The van der Waals surface area contributed by atoms with Gasteiger partial charge >= 0.3 is 0 Å². The van der Waals surface area contributed by atoms with Crippen LogP contribution in [0.2, 0.25) is 0 Å². The predicted octanol–water partition coefficient (Wildman–Crippen LogP) is 2.87. The first-order valence-corrected chi connectivity index (χ1v) is 8.58. The lowest BCUT2D eigenvalue weighted by Gasteiger charge is -2.47. The number of morpholine rings is 1. The van der Waals surface area contributed by atoms with Gasteiger partial charge in [-0.2, -0.15) is 11.8 Å². The van der Waals surface area contributed by atoms with Crippen LogP contribution in [0.1, 0.15) is 33.6 Å². The maximum atomic E-state index is 5.52. The summed E-state index contributed by atoms with van der Waals surface area (Å²) in [7, 11) is 0. The molecule has 3 heteroatoms. The fraction of sp³-hybridized carbons (Fsp3) is 1.00. The Morgan fingerprint density at radius 1 is 1.11 bits per heavy atom. The van der Waals surface area contributed by atoms with Crippen LogP contribution in [0, 0.1) is 17.3 Å². The van der Waals surface area contributed by atoms with Gasteiger partial charge in [-0.1, -0.05) is 13.8 Å². The minimum absolute atomic E-state index is 0.451. The highest BCUT2D eigenvalue weighted by Crippen LogP contribution is 2.68. The van der Waals surface area contributed by atoms with Gasteiger partial charge in [0.2, 0.25) is 0 Å². The molecule has 0 amide bonds. The van der Waals surface area contributed by atoms with E-state index in [1.807, 2.05) is 0 Å². The second-order valence-electron chi connectivity index (χ2n) is 7.16. The van der Waals surface area contributed by atoms with E-state index in [4.69, 9.17) is 4.74 Å². The van der Waals surface area contributed by atoms with Gasteiger partial charge < -0.3 is 4.74 Å². The first-order valence-electron chi connectivity index (χ1n) is 7.36. The molecule has 1 saturated heterocycles. The number of rotatable bonds is 2. The topological polar surface area (TPSA) is 12.5 Å². The van der Waals surface area contributed by atoms with Crippen molar-refractivity contribution >= 4 is 11.8 Å². The number of hydrogen-bond donors (Lipinski definition) is 0. The van der Waals surface area contributed by atoms with Crippen LogP contribution in [0.15, 0.2) is 0 Å². The van der Waals surface area contributed by atoms with E-state index in [0.29, 0.717) is 10.2 Å². The summed E-state index contributed by atoms with van der Waals surface area (Å²) < 4.78 is 5.97. The zero-order valence-corrected chi connectivity index (χ0v) is 13.1. The van der Waals surface area contributed by atoms with E-state index in [9.17, 15) is 0 Å². The van der Waals surface area contributed by atoms with E-state index in [1.54, 1.807) is 0 Å². The summed E-state index contributed by atoms with van der Waals surface area (Å²) >= 11 is 2.10. The molecule has 0 radical (unpaired) electrons. The highest BCUT2D eigenvalue weighted by molar-refractivity contribution is 8.00. The molecule has 0 spiro atoms. The normalized spacial score (nSPS) is 47.7. The molecule has 0 bridgehead atoms. The van der Waals surface area contributed by atoms with Gasteiger partial charge in [-0.3, -0.25) is 4.90 Å². The van der Waals surface area contributed by atoms with Crippen molar-refractivity contribution in [2.24, 2.45) is 17.3 Å². The third-order valence-electron chi connectivity index (χ3n) is 6.05. The van der Waals surface area contributed by atoms with Gasteiger partial charge in [0.1, 0.15) is 0 Å². The molecule has 18 heavy (non-hydrogen) atoms. The number of fused-ring (bicyclic) bond motifs is 1. The molecular formula is C15H27NOS. The molecule has 1 heterocycles. The molecule has 2 aliphatic carbocycles. The highest BCUT2D eigenvalue weighted by Gasteiger charge is 2.64. The zero-order valence-electron chi connectivity index (χ0n) is 12.2. The Kier molecular flexibility index (Phi) is 3.23. The molecule has 0 N–H and O–H groups in total. The van der Waals surface area contributed by atoms with E-state index in [0.717, 1.165) is 44.2 Å². The van der Waals surface area contributed by atoms with Crippen molar-refractivity contribution in [3.63, 3.8) is 0 Å². The van der Waals surface area contributed by atoms with Crippen LogP contribution in [-0.4, -0.2) is 48.2 Å². The quantitative estimate of drug-likeness (QED) is 0.765. The van der Waals surface area contributed by atoms with E-state index in [2.05, 4.69) is 43.7 Å². The molecule has 0 aromatic heterocycles. The molecule has 3 fully saturated rings.